The maximum absolute atomic E-state index is 13.2. The smallest absolute Gasteiger partial charge is 0.488 e. The summed E-state index contributed by atoms with van der Waals surface area (Å²) in [7, 11) is -1.46. The number of nitrogens with one attached hydrogen (secondary N) is 2. The SMILES string of the molecule is CCOC(=O)/C=C/c1cc2c(c([NH+]=O)c1)CCN(C(=O)c1ccccc1)C2.CCOC(=O)CC(c1cc2c(c([NH+]=O)c1)CCN(C(=O)c1ccccc1)C2)c1ccc2c(nnn2CC)c1C.CCn1nnc2c(C)c(B(O)O)ccc21.[OH-].[OH-]. The molecule has 432 valence electrons. The summed E-state index contributed by atoms with van der Waals surface area (Å²) in [5, 5.41) is 39.0. The van der Waals surface area contributed by atoms with Gasteiger partial charge in [0.05, 0.1) is 30.7 Å². The number of esters is 2. The van der Waals surface area contributed by atoms with E-state index in [1.54, 1.807) is 64.7 Å². The van der Waals surface area contributed by atoms with Crippen molar-refractivity contribution >= 4 is 75.9 Å². The van der Waals surface area contributed by atoms with Gasteiger partial charge in [-0.3, -0.25) is 14.4 Å². The van der Waals surface area contributed by atoms with Crippen LogP contribution in [0.3, 0.4) is 0 Å². The fourth-order valence-corrected chi connectivity index (χ4v) is 10.4. The lowest BCUT2D eigenvalue weighted by atomic mass is 9.77. The first-order valence-corrected chi connectivity index (χ1v) is 27.0. The molecule has 0 saturated heterocycles. The van der Waals surface area contributed by atoms with Crippen LogP contribution in [0.4, 0.5) is 11.4 Å². The highest BCUT2D eigenvalue weighted by molar-refractivity contribution is 6.59. The zero-order valence-electron chi connectivity index (χ0n) is 47.1. The van der Waals surface area contributed by atoms with Gasteiger partial charge in [-0.1, -0.05) is 65.0 Å². The lowest BCUT2D eigenvalue weighted by Crippen LogP contribution is -2.57. The number of hydrogen-bond acceptors (Lipinski definition) is 16. The van der Waals surface area contributed by atoms with Crippen LogP contribution in [-0.2, 0) is 58.1 Å². The lowest BCUT2D eigenvalue weighted by Gasteiger charge is -2.30. The number of amides is 2. The van der Waals surface area contributed by atoms with Crippen LogP contribution in [0, 0.1) is 23.7 Å². The summed E-state index contributed by atoms with van der Waals surface area (Å²) in [5.74, 6) is -1.22. The maximum Gasteiger partial charge on any atom is 0.488 e. The van der Waals surface area contributed by atoms with Gasteiger partial charge in [0, 0.05) is 106 Å². The fraction of sp³-hybridized carbons (Fsp3) is 0.300. The third-order valence-electron chi connectivity index (χ3n) is 14.5. The van der Waals surface area contributed by atoms with Crippen molar-refractivity contribution in [3.63, 3.8) is 0 Å². The molecule has 2 amide bonds. The first kappa shape index (κ1) is 63.0. The molecule has 0 aliphatic carbocycles. The van der Waals surface area contributed by atoms with Crippen LogP contribution in [0.5, 0.6) is 0 Å². The molecule has 22 nitrogen and oxygen atoms in total. The van der Waals surface area contributed by atoms with E-state index in [0.29, 0.717) is 85.7 Å². The maximum atomic E-state index is 13.2. The van der Waals surface area contributed by atoms with Crippen LogP contribution in [-0.4, -0.2) is 118 Å². The summed E-state index contributed by atoms with van der Waals surface area (Å²) in [5.41, 5.74) is 13.8. The number of aromatic nitrogens is 6. The summed E-state index contributed by atoms with van der Waals surface area (Å²) in [6.07, 6.45) is 4.20. The van der Waals surface area contributed by atoms with Gasteiger partial charge in [-0.15, -0.1) is 10.2 Å². The molecule has 0 radical (unpaired) electrons. The van der Waals surface area contributed by atoms with Crippen LogP contribution in [0.1, 0.15) is 111 Å². The second-order valence-corrected chi connectivity index (χ2v) is 19.4. The molecule has 0 saturated carbocycles. The standard InChI is InChI=1S/C30H31N5O4.C21H20N2O4.C9H12BN3O2.2H2O/c1-4-35-27-12-11-23(19(3)29(27)31-33-35)25(17-28(36)39-5-2)21-15-22-18-34(14-13-24(22)26(16-21)32-38)30(37)20-9-7-6-8-10-20;1-2-27-20(24)9-8-15-12-17-14-23(11-10-18(17)19(13-15)22-26)21(25)16-6-4-3-5-7-16;1-3-13-8-5-4-7(10(14)15)6(2)9(8)11-12-13;;/h6-12,15-16,25H,4-5,13-14,17-18H2,1-3H3;3-9,12-13H,2,10-11,14H2,1H3;4-5,14-15H,3H2,1-2H3;2*1H2/b;9-8+;;;. The van der Waals surface area contributed by atoms with Crippen molar-refractivity contribution in [3.8, 4) is 0 Å². The molecule has 1 atom stereocenters. The first-order valence-electron chi connectivity index (χ1n) is 27.0. The number of carbonyl (C=O) groups is 4. The molecule has 6 N–H and O–H groups in total. The Morgan fingerprint density at radius 3 is 1.66 bits per heavy atom. The van der Waals surface area contributed by atoms with Crippen molar-refractivity contribution in [2.75, 3.05) is 26.3 Å². The lowest BCUT2D eigenvalue weighted by molar-refractivity contribution is -0.380. The van der Waals surface area contributed by atoms with Crippen molar-refractivity contribution in [1.82, 2.24) is 39.8 Å². The molecule has 0 spiro atoms. The number of ether oxygens (including phenoxy) is 2. The number of fused-ring (bicyclic) bond motifs is 4. The predicted molar refractivity (Wildman–Crippen MR) is 309 cm³/mol. The number of rotatable bonds is 15. The minimum absolute atomic E-state index is 0. The van der Waals surface area contributed by atoms with Gasteiger partial charge in [0.25, 0.3) is 23.2 Å². The minimum atomic E-state index is -1.46. The number of aryl methyl sites for hydroxylation is 4. The van der Waals surface area contributed by atoms with E-state index in [4.69, 9.17) is 19.5 Å². The van der Waals surface area contributed by atoms with E-state index in [9.17, 15) is 29.0 Å². The van der Waals surface area contributed by atoms with Gasteiger partial charge < -0.3 is 40.3 Å². The second-order valence-electron chi connectivity index (χ2n) is 19.4. The van der Waals surface area contributed by atoms with Crippen molar-refractivity contribution in [1.29, 1.82) is 0 Å². The summed E-state index contributed by atoms with van der Waals surface area (Å²) in [6.45, 7) is 15.2. The Hall–Kier alpha value is -9.16. The number of nitroso groups, excluding NO2 is 2. The Morgan fingerprint density at radius 1 is 0.651 bits per heavy atom. The van der Waals surface area contributed by atoms with Crippen LogP contribution in [0.25, 0.3) is 28.1 Å². The summed E-state index contributed by atoms with van der Waals surface area (Å²) < 4.78 is 13.8. The first-order chi connectivity index (χ1) is 39.2. The van der Waals surface area contributed by atoms with Crippen molar-refractivity contribution in [3.05, 3.63) is 186 Å². The van der Waals surface area contributed by atoms with Crippen molar-refractivity contribution in [2.24, 2.45) is 0 Å². The zero-order valence-corrected chi connectivity index (χ0v) is 47.1. The number of carbonyl (C=O) groups excluding carboxylic acids is 4. The highest BCUT2D eigenvalue weighted by atomic mass is 16.5. The van der Waals surface area contributed by atoms with Gasteiger partial charge in [0.15, 0.2) is 0 Å². The molecule has 8 aromatic rings. The van der Waals surface area contributed by atoms with E-state index in [2.05, 4.69) is 25.8 Å². The average molecular weight is 1130 g/mol. The summed E-state index contributed by atoms with van der Waals surface area (Å²) in [4.78, 5) is 77.3. The Labute approximate surface area is 479 Å². The highest BCUT2D eigenvalue weighted by Crippen LogP contribution is 2.37. The zero-order chi connectivity index (χ0) is 57.7. The van der Waals surface area contributed by atoms with Gasteiger partial charge in [0.2, 0.25) is 0 Å². The molecule has 0 bridgehead atoms. The van der Waals surface area contributed by atoms with Crippen molar-refractivity contribution < 1.29 is 60.0 Å². The molecule has 2 aliphatic heterocycles. The van der Waals surface area contributed by atoms with E-state index in [-0.39, 0.29) is 47.7 Å². The van der Waals surface area contributed by atoms with Crippen LogP contribution < -0.4 is 15.8 Å². The molecule has 10 rings (SSSR count). The third kappa shape index (κ3) is 14.3. The van der Waals surface area contributed by atoms with Gasteiger partial charge in [-0.05, 0) is 147 Å². The molecular formula is C60H67BN10O12. The molecule has 4 heterocycles. The Morgan fingerprint density at radius 2 is 1.16 bits per heavy atom. The van der Waals surface area contributed by atoms with E-state index >= 15 is 0 Å². The van der Waals surface area contributed by atoms with Gasteiger partial charge in [-0.2, -0.15) is 0 Å². The van der Waals surface area contributed by atoms with Crippen LogP contribution in [0.15, 0.2) is 115 Å². The Kier molecular flexibility index (Phi) is 22.0. The molecular weight excluding hydrogens is 1060 g/mol. The normalized spacial score (nSPS) is 12.7. The predicted octanol–water partition coefficient (Wildman–Crippen LogP) is 4.55. The van der Waals surface area contributed by atoms with Gasteiger partial charge >= 0.3 is 19.1 Å². The molecule has 83 heavy (non-hydrogen) atoms. The van der Waals surface area contributed by atoms with Crippen LogP contribution in [0.2, 0.25) is 0 Å². The third-order valence-corrected chi connectivity index (χ3v) is 14.5. The topological polar surface area (TPSA) is 317 Å². The van der Waals surface area contributed by atoms with E-state index in [1.807, 2.05) is 116 Å². The summed E-state index contributed by atoms with van der Waals surface area (Å²) >= 11 is 0. The molecule has 23 heteroatoms. The monoisotopic (exact) mass is 1130 g/mol. The van der Waals surface area contributed by atoms with Gasteiger partial charge in [-0.25, -0.2) is 14.2 Å². The van der Waals surface area contributed by atoms with E-state index in [0.717, 1.165) is 73.1 Å². The Bertz CT molecular complexity index is 3650. The van der Waals surface area contributed by atoms with Crippen LogP contribution >= 0.6 is 0 Å². The minimum Gasteiger partial charge on any atom is -0.870 e. The number of hydrogen-bond donors (Lipinski definition) is 4. The average Bonchev–Trinajstić information content (AvgIpc) is 4.17. The molecule has 6 aromatic carbocycles. The fourth-order valence-electron chi connectivity index (χ4n) is 10.4. The molecule has 2 aromatic heterocycles. The summed E-state index contributed by atoms with van der Waals surface area (Å²) in [6, 6.07) is 33.3. The molecule has 2 aliphatic rings. The second kappa shape index (κ2) is 29.0. The molecule has 1 unspecified atom stereocenters. The van der Waals surface area contributed by atoms with Gasteiger partial charge in [0.1, 0.15) is 11.0 Å². The quantitative estimate of drug-likeness (QED) is 0.0622. The Balaban J connectivity index is 0.000000218. The van der Waals surface area contributed by atoms with E-state index in [1.165, 1.54) is 6.08 Å². The molecule has 0 fully saturated rings. The van der Waals surface area contributed by atoms with E-state index < -0.39 is 13.1 Å². The largest absolute Gasteiger partial charge is 0.870 e. The highest BCUT2D eigenvalue weighted by Gasteiger charge is 2.31. The number of benzene rings is 6. The number of nitrogens with zero attached hydrogens (tertiary/aromatic N) is 8. The van der Waals surface area contributed by atoms with Crippen molar-refractivity contribution in [2.45, 2.75) is 92.9 Å².